The molecular weight excluding hydrogens is 482 g/mol. The van der Waals surface area contributed by atoms with Crippen molar-refractivity contribution in [2.45, 2.75) is 51.7 Å². The van der Waals surface area contributed by atoms with Gasteiger partial charge in [-0.25, -0.2) is 9.97 Å². The van der Waals surface area contributed by atoms with E-state index in [9.17, 15) is 4.79 Å². The molecule has 8 nitrogen and oxygen atoms in total. The van der Waals surface area contributed by atoms with Crippen LogP contribution in [-0.2, 0) is 6.54 Å². The van der Waals surface area contributed by atoms with Crippen molar-refractivity contribution >= 4 is 45.5 Å². The highest BCUT2D eigenvalue weighted by molar-refractivity contribution is 7.17. The molecule has 0 fully saturated rings. The number of benzene rings is 1. The molecule has 0 spiro atoms. The zero-order valence-corrected chi connectivity index (χ0v) is 21.3. The molecule has 1 amide bonds. The molecule has 0 aliphatic carbocycles. The summed E-state index contributed by atoms with van der Waals surface area (Å²) in [6, 6.07) is 5.52. The summed E-state index contributed by atoms with van der Waals surface area (Å²) >= 11 is 7.52. The molecule has 1 atom stereocenters. The number of aliphatic imine (C=N–C) groups is 1. The third kappa shape index (κ3) is 7.40. The smallest absolute Gasteiger partial charge is 0.267 e. The molecule has 0 radical (unpaired) electrons. The molecule has 3 heterocycles. The predicted octanol–water partition coefficient (Wildman–Crippen LogP) is 5.50. The van der Waals surface area contributed by atoms with E-state index in [1.54, 1.807) is 12.3 Å². The van der Waals surface area contributed by atoms with Gasteiger partial charge in [0.15, 0.2) is 5.13 Å². The number of rotatable bonds is 11. The fourth-order valence-corrected chi connectivity index (χ4v) is 4.75. The van der Waals surface area contributed by atoms with E-state index in [1.807, 2.05) is 43.9 Å². The van der Waals surface area contributed by atoms with Gasteiger partial charge in [0.1, 0.15) is 16.9 Å². The lowest BCUT2D eigenvalue weighted by atomic mass is 10.2. The number of para-hydroxylation sites is 1. The predicted molar refractivity (Wildman–Crippen MR) is 144 cm³/mol. The van der Waals surface area contributed by atoms with Crippen molar-refractivity contribution in [1.82, 2.24) is 19.9 Å². The molecule has 3 aromatic rings. The fourth-order valence-electron chi connectivity index (χ4n) is 3.73. The van der Waals surface area contributed by atoms with Crippen molar-refractivity contribution in [3.05, 3.63) is 70.7 Å². The maximum Gasteiger partial charge on any atom is 0.267 e. The van der Waals surface area contributed by atoms with Crippen molar-refractivity contribution < 1.29 is 4.79 Å². The molecule has 1 unspecified atom stereocenters. The zero-order valence-electron chi connectivity index (χ0n) is 19.7. The van der Waals surface area contributed by atoms with Crippen molar-refractivity contribution in [2.24, 2.45) is 4.99 Å². The molecule has 0 saturated carbocycles. The first kappa shape index (κ1) is 24.9. The number of carbonyl (C=O) groups excluding carboxylic acids is 1. The number of nitrogens with zero attached hydrogens (tertiary/aromatic N) is 4. The van der Waals surface area contributed by atoms with Gasteiger partial charge in [0, 0.05) is 31.9 Å². The zero-order chi connectivity index (χ0) is 24.5. The summed E-state index contributed by atoms with van der Waals surface area (Å²) < 4.78 is 2.11. The number of hydrogen-bond donors (Lipinski definition) is 3. The molecule has 4 rings (SSSR count). The van der Waals surface area contributed by atoms with Crippen molar-refractivity contribution in [3.8, 4) is 0 Å². The number of halogens is 1. The Labute approximate surface area is 214 Å². The van der Waals surface area contributed by atoms with Crippen molar-refractivity contribution in [3.63, 3.8) is 0 Å². The van der Waals surface area contributed by atoms with Crippen LogP contribution in [0, 0.1) is 6.92 Å². The van der Waals surface area contributed by atoms with Gasteiger partial charge in [0.05, 0.1) is 23.2 Å². The van der Waals surface area contributed by atoms with Crippen LogP contribution in [0.1, 0.15) is 47.3 Å². The number of anilines is 2. The fraction of sp³-hybridized carbons (Fsp3) is 0.360. The van der Waals surface area contributed by atoms with Gasteiger partial charge >= 0.3 is 0 Å². The minimum Gasteiger partial charge on any atom is -0.350 e. The average Bonchev–Trinajstić information content (AvgIpc) is 3.54. The monoisotopic (exact) mass is 511 g/mol. The number of nitrogens with one attached hydrogen (secondary N) is 3. The molecule has 10 heteroatoms. The van der Waals surface area contributed by atoms with Gasteiger partial charge in [-0.15, -0.1) is 0 Å². The molecule has 184 valence electrons. The second-order valence-electron chi connectivity index (χ2n) is 8.36. The van der Waals surface area contributed by atoms with Crippen molar-refractivity contribution in [2.75, 3.05) is 17.2 Å². The Morgan fingerprint density at radius 1 is 1.31 bits per heavy atom. The number of aryl methyl sites for hydroxylation is 2. The third-order valence-electron chi connectivity index (χ3n) is 5.62. The number of imidazole rings is 1. The van der Waals surface area contributed by atoms with Crippen LogP contribution in [0.3, 0.4) is 0 Å². The highest BCUT2D eigenvalue weighted by atomic mass is 35.5. The molecule has 0 bridgehead atoms. The first-order chi connectivity index (χ1) is 17.1. The molecule has 3 N–H and O–H groups in total. The van der Waals surface area contributed by atoms with Gasteiger partial charge in [0.25, 0.3) is 5.91 Å². The van der Waals surface area contributed by atoms with Crippen LogP contribution in [0.2, 0.25) is 5.02 Å². The summed E-state index contributed by atoms with van der Waals surface area (Å²) in [5.74, 6) is 0.735. The Hall–Kier alpha value is -3.17. The maximum atomic E-state index is 12.7. The topological polar surface area (TPSA) is 96.2 Å². The average molecular weight is 512 g/mol. The Bertz CT molecular complexity index is 1150. The van der Waals surface area contributed by atoms with Crippen LogP contribution in [0.25, 0.3) is 0 Å². The number of hydrogen-bond acceptors (Lipinski definition) is 6. The van der Waals surface area contributed by atoms with E-state index in [0.717, 1.165) is 43.8 Å². The van der Waals surface area contributed by atoms with Gasteiger partial charge in [0.2, 0.25) is 0 Å². The lowest BCUT2D eigenvalue weighted by molar-refractivity contribution is 0.103. The Balaban J connectivity index is 1.20. The lowest BCUT2D eigenvalue weighted by Crippen LogP contribution is -2.41. The van der Waals surface area contributed by atoms with Gasteiger partial charge in [-0.3, -0.25) is 9.79 Å². The van der Waals surface area contributed by atoms with Crippen LogP contribution >= 0.6 is 22.9 Å². The van der Waals surface area contributed by atoms with Gasteiger partial charge in [-0.1, -0.05) is 54.0 Å². The van der Waals surface area contributed by atoms with Crippen molar-refractivity contribution in [1.29, 1.82) is 0 Å². The maximum absolute atomic E-state index is 12.7. The largest absolute Gasteiger partial charge is 0.350 e. The second kappa shape index (κ2) is 12.5. The molecule has 2 aromatic heterocycles. The quantitative estimate of drug-likeness (QED) is 0.233. The summed E-state index contributed by atoms with van der Waals surface area (Å²) in [5, 5.41) is 10.8. The standard InChI is InChI=1S/C25H30ClN7OS/c1-18-8-6-9-19(26)23(18)32-24(34)20-16-29-25(35-20)31-22-11-7-10-21(30-22)28-12-4-2-3-5-14-33-15-13-27-17-33/h6-9,11,13,15-17,22H,2-5,10,12,14H2,1H3,(H,28,30)(H,29,31)(H,32,34). The SMILES string of the molecule is Cc1cccc(Cl)c1NC(=O)c1cnc(NC2C=CCC(=NCCCCCCn3ccnc3)N2)s1. The lowest BCUT2D eigenvalue weighted by Gasteiger charge is -2.22. The first-order valence-electron chi connectivity index (χ1n) is 11.8. The van der Waals surface area contributed by atoms with E-state index in [-0.39, 0.29) is 12.1 Å². The Morgan fingerprint density at radius 3 is 3.03 bits per heavy atom. The number of thiazole rings is 1. The molecule has 1 aromatic carbocycles. The molecule has 35 heavy (non-hydrogen) atoms. The number of amides is 1. The van der Waals surface area contributed by atoms with E-state index in [2.05, 4.69) is 36.6 Å². The Morgan fingerprint density at radius 2 is 2.20 bits per heavy atom. The molecule has 1 aliphatic heterocycles. The second-order valence-corrected chi connectivity index (χ2v) is 9.80. The van der Waals surface area contributed by atoms with Crippen LogP contribution in [0.4, 0.5) is 10.8 Å². The summed E-state index contributed by atoms with van der Waals surface area (Å²) in [5.41, 5.74) is 1.53. The minimum absolute atomic E-state index is 0.120. The summed E-state index contributed by atoms with van der Waals surface area (Å²) in [4.78, 5) is 26.3. The summed E-state index contributed by atoms with van der Waals surface area (Å²) in [7, 11) is 0. The highest BCUT2D eigenvalue weighted by Gasteiger charge is 2.17. The van der Waals surface area contributed by atoms with Crippen LogP contribution < -0.4 is 16.0 Å². The van der Waals surface area contributed by atoms with Gasteiger partial charge < -0.3 is 20.5 Å². The molecular formula is C25H30ClN7OS. The molecule has 0 saturated heterocycles. The normalized spacial score (nSPS) is 16.3. The number of carbonyl (C=O) groups is 1. The third-order valence-corrected chi connectivity index (χ3v) is 6.86. The minimum atomic E-state index is -0.230. The summed E-state index contributed by atoms with van der Waals surface area (Å²) in [6.07, 6.45) is 16.7. The van der Waals surface area contributed by atoms with E-state index >= 15 is 0 Å². The Kier molecular flexibility index (Phi) is 8.91. The number of amidine groups is 1. The van der Waals surface area contributed by atoms with Gasteiger partial charge in [-0.2, -0.15) is 0 Å². The number of aromatic nitrogens is 3. The van der Waals surface area contributed by atoms with E-state index in [0.29, 0.717) is 20.7 Å². The van der Waals surface area contributed by atoms with E-state index in [4.69, 9.17) is 16.6 Å². The van der Waals surface area contributed by atoms with E-state index < -0.39 is 0 Å². The molecule has 1 aliphatic rings. The van der Waals surface area contributed by atoms with Crippen LogP contribution in [-0.4, -0.2) is 39.0 Å². The van der Waals surface area contributed by atoms with Crippen LogP contribution in [0.15, 0.2) is 60.3 Å². The van der Waals surface area contributed by atoms with E-state index in [1.165, 1.54) is 24.2 Å². The summed E-state index contributed by atoms with van der Waals surface area (Å²) in [6.45, 7) is 3.75. The van der Waals surface area contributed by atoms with Crippen LogP contribution in [0.5, 0.6) is 0 Å². The highest BCUT2D eigenvalue weighted by Crippen LogP contribution is 2.27. The van der Waals surface area contributed by atoms with Gasteiger partial charge in [-0.05, 0) is 37.5 Å². The first-order valence-corrected chi connectivity index (χ1v) is 13.0. The number of unbranched alkanes of at least 4 members (excludes halogenated alkanes) is 3.